The number of hydrogen-bond donors (Lipinski definition) is 0. The molecule has 0 fully saturated rings. The summed E-state index contributed by atoms with van der Waals surface area (Å²) < 4.78 is 18.4. The Morgan fingerprint density at radius 1 is 1.15 bits per heavy atom. The number of benzene rings is 2. The molecule has 0 heterocycles. The lowest BCUT2D eigenvalue weighted by Gasteiger charge is -2.12. The van der Waals surface area contributed by atoms with Crippen molar-refractivity contribution in [3.8, 4) is 11.1 Å². The molecule has 0 spiro atoms. The molecular formula is C16H14ClFO2. The van der Waals surface area contributed by atoms with Crippen LogP contribution in [0.2, 0.25) is 5.02 Å². The monoisotopic (exact) mass is 292 g/mol. The lowest BCUT2D eigenvalue weighted by Crippen LogP contribution is -2.11. The molecule has 0 aliphatic heterocycles. The van der Waals surface area contributed by atoms with E-state index in [1.165, 1.54) is 19.2 Å². The molecule has 0 saturated heterocycles. The number of halogens is 2. The normalized spacial score (nSPS) is 12.0. The van der Waals surface area contributed by atoms with Gasteiger partial charge < -0.3 is 4.74 Å². The van der Waals surface area contributed by atoms with Crippen molar-refractivity contribution in [1.29, 1.82) is 0 Å². The zero-order chi connectivity index (χ0) is 14.7. The van der Waals surface area contributed by atoms with Gasteiger partial charge in [-0.3, -0.25) is 4.79 Å². The second kappa shape index (κ2) is 6.06. The van der Waals surface area contributed by atoms with Crippen molar-refractivity contribution in [2.45, 2.75) is 12.8 Å². The molecule has 20 heavy (non-hydrogen) atoms. The molecule has 0 radical (unpaired) electrons. The molecule has 1 atom stereocenters. The summed E-state index contributed by atoms with van der Waals surface area (Å²) in [7, 11) is 1.32. The highest BCUT2D eigenvalue weighted by Crippen LogP contribution is 2.27. The summed E-state index contributed by atoms with van der Waals surface area (Å²) in [5, 5.41) is 0.619. The number of ether oxygens (including phenoxy) is 1. The van der Waals surface area contributed by atoms with Crippen molar-refractivity contribution < 1.29 is 13.9 Å². The molecule has 4 heteroatoms. The van der Waals surface area contributed by atoms with Crippen molar-refractivity contribution in [1.82, 2.24) is 0 Å². The maximum absolute atomic E-state index is 13.7. The number of carbonyl (C=O) groups excluding carboxylic acids is 1. The molecule has 104 valence electrons. The van der Waals surface area contributed by atoms with Gasteiger partial charge in [-0.1, -0.05) is 29.8 Å². The Kier molecular flexibility index (Phi) is 4.40. The van der Waals surface area contributed by atoms with Gasteiger partial charge in [0, 0.05) is 5.02 Å². The summed E-state index contributed by atoms with van der Waals surface area (Å²) in [5.41, 5.74) is 2.13. The largest absolute Gasteiger partial charge is 0.469 e. The molecule has 2 rings (SSSR count). The van der Waals surface area contributed by atoms with Crippen LogP contribution in [0.25, 0.3) is 11.1 Å². The van der Waals surface area contributed by atoms with Crippen LogP contribution < -0.4 is 0 Å². The van der Waals surface area contributed by atoms with Crippen molar-refractivity contribution >= 4 is 17.6 Å². The topological polar surface area (TPSA) is 26.3 Å². The first-order valence-corrected chi connectivity index (χ1v) is 6.53. The summed E-state index contributed by atoms with van der Waals surface area (Å²) in [5.74, 6) is -1.29. The molecule has 2 aromatic rings. The number of carbonyl (C=O) groups is 1. The van der Waals surface area contributed by atoms with Gasteiger partial charge in [-0.15, -0.1) is 0 Å². The van der Waals surface area contributed by atoms with Crippen LogP contribution in [0.15, 0.2) is 42.5 Å². The van der Waals surface area contributed by atoms with E-state index < -0.39 is 11.9 Å². The second-order valence-corrected chi connectivity index (χ2v) is 4.96. The van der Waals surface area contributed by atoms with E-state index in [-0.39, 0.29) is 5.82 Å². The van der Waals surface area contributed by atoms with E-state index in [1.807, 2.05) is 12.1 Å². The molecule has 0 aliphatic rings. The van der Waals surface area contributed by atoms with Crippen LogP contribution in [-0.2, 0) is 9.53 Å². The van der Waals surface area contributed by atoms with Gasteiger partial charge in [-0.2, -0.15) is 0 Å². The quantitative estimate of drug-likeness (QED) is 0.783. The fourth-order valence-electron chi connectivity index (χ4n) is 1.98. The standard InChI is InChI=1S/C16H14ClFO2/c1-10(16(19)20-2)12-7-13(9-15(18)8-12)11-3-5-14(17)6-4-11/h3-10H,1-2H3. The van der Waals surface area contributed by atoms with Crippen LogP contribution in [0, 0.1) is 5.82 Å². The SMILES string of the molecule is COC(=O)C(C)c1cc(F)cc(-c2ccc(Cl)cc2)c1. The maximum Gasteiger partial charge on any atom is 0.312 e. The first kappa shape index (κ1) is 14.5. The number of methoxy groups -OCH3 is 1. The van der Waals surface area contributed by atoms with Crippen molar-refractivity contribution in [2.24, 2.45) is 0 Å². The molecule has 0 aliphatic carbocycles. The average molecular weight is 293 g/mol. The number of rotatable bonds is 3. The van der Waals surface area contributed by atoms with Crippen LogP contribution >= 0.6 is 11.6 Å². The smallest absolute Gasteiger partial charge is 0.312 e. The Balaban J connectivity index is 2.43. The first-order chi connectivity index (χ1) is 9.51. The summed E-state index contributed by atoms with van der Waals surface area (Å²) in [6.07, 6.45) is 0. The van der Waals surface area contributed by atoms with Crippen LogP contribution in [0.1, 0.15) is 18.4 Å². The van der Waals surface area contributed by atoms with Crippen LogP contribution in [0.3, 0.4) is 0 Å². The summed E-state index contributed by atoms with van der Waals surface area (Å²) in [6.45, 7) is 1.69. The second-order valence-electron chi connectivity index (χ2n) is 4.52. The Hall–Kier alpha value is -1.87. The number of hydrogen-bond acceptors (Lipinski definition) is 2. The third-order valence-electron chi connectivity index (χ3n) is 3.15. The van der Waals surface area contributed by atoms with Gasteiger partial charge in [0.05, 0.1) is 13.0 Å². The maximum atomic E-state index is 13.7. The molecule has 2 nitrogen and oxygen atoms in total. The Bertz CT molecular complexity index is 623. The summed E-state index contributed by atoms with van der Waals surface area (Å²) in [4.78, 5) is 11.6. The minimum Gasteiger partial charge on any atom is -0.469 e. The average Bonchev–Trinajstić information content (AvgIpc) is 2.45. The van der Waals surface area contributed by atoms with Gasteiger partial charge in [0.15, 0.2) is 0 Å². The molecule has 1 unspecified atom stereocenters. The third-order valence-corrected chi connectivity index (χ3v) is 3.40. The van der Waals surface area contributed by atoms with E-state index in [0.29, 0.717) is 16.1 Å². The minimum absolute atomic E-state index is 0.386. The predicted octanol–water partition coefficient (Wildman–Crippen LogP) is 4.42. The molecule has 0 bridgehead atoms. The van der Waals surface area contributed by atoms with Gasteiger partial charge in [0.1, 0.15) is 5.82 Å². The Morgan fingerprint density at radius 3 is 2.40 bits per heavy atom. The Labute approximate surface area is 122 Å². The van der Waals surface area contributed by atoms with Gasteiger partial charge >= 0.3 is 5.97 Å². The zero-order valence-electron chi connectivity index (χ0n) is 11.2. The van der Waals surface area contributed by atoms with E-state index in [9.17, 15) is 9.18 Å². The predicted molar refractivity (Wildman–Crippen MR) is 77.3 cm³/mol. The molecule has 0 aromatic heterocycles. The third kappa shape index (κ3) is 3.17. The molecule has 2 aromatic carbocycles. The van der Waals surface area contributed by atoms with E-state index in [1.54, 1.807) is 25.1 Å². The van der Waals surface area contributed by atoms with Gasteiger partial charge in [-0.25, -0.2) is 4.39 Å². The van der Waals surface area contributed by atoms with E-state index >= 15 is 0 Å². The molecular weight excluding hydrogens is 279 g/mol. The lowest BCUT2D eigenvalue weighted by molar-refractivity contribution is -0.141. The molecule has 0 saturated carbocycles. The van der Waals surface area contributed by atoms with Gasteiger partial charge in [0.25, 0.3) is 0 Å². The van der Waals surface area contributed by atoms with Crippen LogP contribution in [0.5, 0.6) is 0 Å². The Morgan fingerprint density at radius 2 is 1.80 bits per heavy atom. The fraction of sp³-hybridized carbons (Fsp3) is 0.188. The van der Waals surface area contributed by atoms with E-state index in [2.05, 4.69) is 4.74 Å². The first-order valence-electron chi connectivity index (χ1n) is 6.15. The highest BCUT2D eigenvalue weighted by molar-refractivity contribution is 6.30. The van der Waals surface area contributed by atoms with Gasteiger partial charge in [0.2, 0.25) is 0 Å². The highest BCUT2D eigenvalue weighted by atomic mass is 35.5. The summed E-state index contributed by atoms with van der Waals surface area (Å²) >= 11 is 5.84. The minimum atomic E-state index is -0.512. The van der Waals surface area contributed by atoms with Crippen molar-refractivity contribution in [3.63, 3.8) is 0 Å². The van der Waals surface area contributed by atoms with Crippen LogP contribution in [-0.4, -0.2) is 13.1 Å². The summed E-state index contributed by atoms with van der Waals surface area (Å²) in [6, 6.07) is 11.7. The zero-order valence-corrected chi connectivity index (χ0v) is 11.9. The fourth-order valence-corrected chi connectivity index (χ4v) is 2.11. The lowest BCUT2D eigenvalue weighted by atomic mass is 9.96. The number of esters is 1. The van der Waals surface area contributed by atoms with Crippen LogP contribution in [0.4, 0.5) is 4.39 Å². The van der Waals surface area contributed by atoms with Crippen molar-refractivity contribution in [3.05, 3.63) is 58.9 Å². The molecule has 0 N–H and O–H groups in total. The van der Waals surface area contributed by atoms with E-state index in [4.69, 9.17) is 11.6 Å². The van der Waals surface area contributed by atoms with Gasteiger partial charge in [-0.05, 0) is 47.9 Å². The highest BCUT2D eigenvalue weighted by Gasteiger charge is 2.17. The molecule has 0 amide bonds. The van der Waals surface area contributed by atoms with Crippen molar-refractivity contribution in [2.75, 3.05) is 7.11 Å². The van der Waals surface area contributed by atoms with E-state index in [0.717, 1.165) is 5.56 Å².